The Morgan fingerprint density at radius 1 is 1.08 bits per heavy atom. The molecule has 25 heavy (non-hydrogen) atoms. The zero-order valence-electron chi connectivity index (χ0n) is 13.0. The number of para-hydroxylation sites is 1. The van der Waals surface area contributed by atoms with Crippen LogP contribution in [-0.4, -0.2) is 32.4 Å². The summed E-state index contributed by atoms with van der Waals surface area (Å²) in [7, 11) is -3.84. The zero-order valence-corrected chi connectivity index (χ0v) is 13.8. The molecule has 0 aromatic heterocycles. The van der Waals surface area contributed by atoms with E-state index in [1.54, 1.807) is 30.3 Å². The van der Waals surface area contributed by atoms with Crippen LogP contribution in [0.2, 0.25) is 0 Å². The second-order valence-electron chi connectivity index (χ2n) is 5.38. The summed E-state index contributed by atoms with van der Waals surface area (Å²) in [4.78, 5) is 0. The van der Waals surface area contributed by atoms with Gasteiger partial charge in [-0.2, -0.15) is 21.5 Å². The lowest BCUT2D eigenvalue weighted by atomic mass is 10.2. The molecule has 3 rings (SSSR count). The second kappa shape index (κ2) is 6.93. The van der Waals surface area contributed by atoms with Crippen LogP contribution < -0.4 is 9.04 Å². The van der Waals surface area contributed by atoms with Crippen molar-refractivity contribution in [2.24, 2.45) is 0 Å². The number of benzene rings is 2. The van der Waals surface area contributed by atoms with Gasteiger partial charge in [0.15, 0.2) is 0 Å². The summed E-state index contributed by atoms with van der Waals surface area (Å²) in [6.45, 7) is -2.97. The number of ether oxygens (including phenoxy) is 1. The van der Waals surface area contributed by atoms with Gasteiger partial charge >= 0.3 is 16.8 Å². The number of hydrogen-bond donors (Lipinski definition) is 0. The summed E-state index contributed by atoms with van der Waals surface area (Å²) in [5.41, 5.74) is 0.548. The highest BCUT2D eigenvalue weighted by atomic mass is 32.2. The first-order valence-electron chi connectivity index (χ1n) is 7.44. The molecule has 5 nitrogen and oxygen atoms in total. The van der Waals surface area contributed by atoms with Gasteiger partial charge in [0.05, 0.1) is 5.69 Å². The van der Waals surface area contributed by atoms with Gasteiger partial charge < -0.3 is 4.74 Å². The van der Waals surface area contributed by atoms with Crippen molar-refractivity contribution in [2.75, 3.05) is 17.4 Å². The molecule has 0 unspecified atom stereocenters. The van der Waals surface area contributed by atoms with Crippen LogP contribution in [0.3, 0.4) is 0 Å². The Morgan fingerprint density at radius 2 is 1.80 bits per heavy atom. The van der Waals surface area contributed by atoms with E-state index in [9.17, 15) is 21.6 Å². The van der Waals surface area contributed by atoms with Gasteiger partial charge in [0.1, 0.15) is 11.6 Å². The van der Waals surface area contributed by atoms with Crippen LogP contribution in [-0.2, 0) is 16.8 Å². The monoisotopic (exact) mass is 372 g/mol. The minimum atomic E-state index is -3.84. The molecule has 1 aliphatic rings. The van der Waals surface area contributed by atoms with E-state index in [2.05, 4.69) is 4.74 Å². The fourth-order valence-electron chi connectivity index (χ4n) is 2.66. The van der Waals surface area contributed by atoms with E-state index in [4.69, 9.17) is 0 Å². The number of hydrogen-bond acceptors (Lipinski definition) is 3. The Bertz CT molecular complexity index is 847. The van der Waals surface area contributed by atoms with Gasteiger partial charge in [0, 0.05) is 25.2 Å². The number of nitrogens with zero attached hydrogens (tertiary/aromatic N) is 2. The van der Waals surface area contributed by atoms with Crippen LogP contribution in [0.15, 0.2) is 48.5 Å². The van der Waals surface area contributed by atoms with Crippen LogP contribution in [0.25, 0.3) is 0 Å². The quantitative estimate of drug-likeness (QED) is 0.811. The first-order chi connectivity index (χ1) is 11.9. The zero-order chi connectivity index (χ0) is 18.0. The molecule has 0 N–H and O–H groups in total. The summed E-state index contributed by atoms with van der Waals surface area (Å²) in [5.74, 6) is -0.905. The molecule has 0 aliphatic carbocycles. The van der Waals surface area contributed by atoms with Crippen LogP contribution >= 0.6 is 0 Å². The molecule has 0 atom stereocenters. The van der Waals surface area contributed by atoms with Crippen molar-refractivity contribution in [2.45, 2.75) is 13.2 Å². The normalized spacial score (nSPS) is 17.2. The highest BCUT2D eigenvalue weighted by molar-refractivity contribution is 7.90. The van der Waals surface area contributed by atoms with E-state index >= 15 is 0 Å². The Hall–Kier alpha value is -2.26. The molecule has 1 fully saturated rings. The first kappa shape index (κ1) is 17.6. The maximum atomic E-state index is 13.5. The van der Waals surface area contributed by atoms with Crippen LogP contribution in [0.4, 0.5) is 18.9 Å². The molecule has 1 heterocycles. The van der Waals surface area contributed by atoms with Gasteiger partial charge in [-0.25, -0.2) is 4.39 Å². The molecular weight excluding hydrogens is 357 g/mol. The van der Waals surface area contributed by atoms with E-state index in [0.29, 0.717) is 5.69 Å². The molecule has 0 amide bonds. The van der Waals surface area contributed by atoms with Crippen molar-refractivity contribution < 1.29 is 26.3 Å². The Kier molecular flexibility index (Phi) is 4.87. The smallest absolute Gasteiger partial charge is 0.387 e. The molecular formula is C16H15F3N2O3S. The van der Waals surface area contributed by atoms with Crippen LogP contribution in [0, 0.1) is 5.82 Å². The molecule has 0 saturated carbocycles. The average Bonchev–Trinajstić information content (AvgIpc) is 2.85. The summed E-state index contributed by atoms with van der Waals surface area (Å²) in [5, 5.41) is 0. The number of halogens is 3. The number of anilines is 1. The van der Waals surface area contributed by atoms with Crippen molar-refractivity contribution in [1.82, 2.24) is 4.31 Å². The van der Waals surface area contributed by atoms with Crippen molar-refractivity contribution in [3.05, 3.63) is 59.9 Å². The Balaban J connectivity index is 1.86. The maximum absolute atomic E-state index is 13.5. The molecule has 2 aromatic carbocycles. The molecule has 9 heteroatoms. The lowest BCUT2D eigenvalue weighted by molar-refractivity contribution is -0.0506. The van der Waals surface area contributed by atoms with Gasteiger partial charge in [-0.15, -0.1) is 0 Å². The predicted molar refractivity (Wildman–Crippen MR) is 86.1 cm³/mol. The molecule has 134 valence electrons. The fourth-order valence-corrected chi connectivity index (χ4v) is 4.26. The van der Waals surface area contributed by atoms with E-state index in [-0.39, 0.29) is 30.9 Å². The topological polar surface area (TPSA) is 49.9 Å². The SMILES string of the molecule is O=S1(=O)N(Cc2cc(F)ccc2OC(F)F)CCN1c1ccccc1. The van der Waals surface area contributed by atoms with E-state index in [1.165, 1.54) is 4.31 Å². The van der Waals surface area contributed by atoms with Gasteiger partial charge in [0.25, 0.3) is 0 Å². The van der Waals surface area contributed by atoms with Crippen molar-refractivity contribution in [1.29, 1.82) is 0 Å². The maximum Gasteiger partial charge on any atom is 0.387 e. The van der Waals surface area contributed by atoms with Gasteiger partial charge in [-0.05, 0) is 30.3 Å². The third-order valence-corrected chi connectivity index (χ3v) is 5.70. The summed E-state index contributed by atoms with van der Waals surface area (Å²) in [6.07, 6.45) is 0. The summed E-state index contributed by atoms with van der Waals surface area (Å²) < 4.78 is 70.5. The van der Waals surface area contributed by atoms with E-state index in [0.717, 1.165) is 22.5 Å². The van der Waals surface area contributed by atoms with E-state index < -0.39 is 22.6 Å². The predicted octanol–water partition coefficient (Wildman–Crippen LogP) is 2.99. The van der Waals surface area contributed by atoms with Crippen molar-refractivity contribution in [3.8, 4) is 5.75 Å². The minimum absolute atomic E-state index is 0.0405. The minimum Gasteiger partial charge on any atom is -0.434 e. The largest absolute Gasteiger partial charge is 0.434 e. The van der Waals surface area contributed by atoms with Gasteiger partial charge in [0.2, 0.25) is 0 Å². The number of rotatable bonds is 5. The molecule has 0 radical (unpaired) electrons. The Labute approximate surface area is 143 Å². The molecule has 0 spiro atoms. The van der Waals surface area contributed by atoms with Crippen LogP contribution in [0.1, 0.15) is 5.56 Å². The highest BCUT2D eigenvalue weighted by Crippen LogP contribution is 2.29. The highest BCUT2D eigenvalue weighted by Gasteiger charge is 2.37. The lowest BCUT2D eigenvalue weighted by Gasteiger charge is -2.21. The van der Waals surface area contributed by atoms with Gasteiger partial charge in [-0.1, -0.05) is 18.2 Å². The van der Waals surface area contributed by atoms with Crippen molar-refractivity contribution >= 4 is 15.9 Å². The second-order valence-corrected chi connectivity index (χ2v) is 7.23. The summed E-state index contributed by atoms with van der Waals surface area (Å²) in [6, 6.07) is 11.6. The number of alkyl halides is 2. The third kappa shape index (κ3) is 3.72. The molecule has 0 bridgehead atoms. The average molecular weight is 372 g/mol. The van der Waals surface area contributed by atoms with Crippen molar-refractivity contribution in [3.63, 3.8) is 0 Å². The summed E-state index contributed by atoms with van der Waals surface area (Å²) >= 11 is 0. The lowest BCUT2D eigenvalue weighted by Crippen LogP contribution is -2.32. The fraction of sp³-hybridized carbons (Fsp3) is 0.250. The molecule has 2 aromatic rings. The Morgan fingerprint density at radius 3 is 2.48 bits per heavy atom. The first-order valence-corrected chi connectivity index (χ1v) is 8.84. The van der Waals surface area contributed by atoms with Gasteiger partial charge in [-0.3, -0.25) is 4.31 Å². The third-order valence-electron chi connectivity index (χ3n) is 3.79. The standard InChI is InChI=1S/C16H15F3N2O3S/c17-13-6-7-15(24-16(18)19)12(10-13)11-20-8-9-21(25(20,22)23)14-4-2-1-3-5-14/h1-7,10,16H,8-9,11H2. The van der Waals surface area contributed by atoms with E-state index in [1.807, 2.05) is 0 Å². The molecule has 1 aliphatic heterocycles. The molecule has 1 saturated heterocycles. The van der Waals surface area contributed by atoms with Crippen LogP contribution in [0.5, 0.6) is 5.75 Å².